The van der Waals surface area contributed by atoms with Crippen LogP contribution < -0.4 is 15.4 Å². The van der Waals surface area contributed by atoms with Crippen molar-refractivity contribution in [2.24, 2.45) is 4.99 Å². The first-order chi connectivity index (χ1) is 15.2. The minimum Gasteiger partial charge on any atom is -0.493 e. The first kappa shape index (κ1) is 25.9. The molecule has 3 rings (SSSR count). The summed E-state index contributed by atoms with van der Waals surface area (Å²) in [4.78, 5) is 4.34. The molecule has 174 valence electrons. The van der Waals surface area contributed by atoms with Crippen LogP contribution >= 0.6 is 24.0 Å². The first-order valence-corrected chi connectivity index (χ1v) is 11.2. The van der Waals surface area contributed by atoms with Crippen LogP contribution in [-0.2, 0) is 13.0 Å². The van der Waals surface area contributed by atoms with Crippen molar-refractivity contribution in [1.29, 1.82) is 0 Å². The maximum absolute atomic E-state index is 6.05. The number of guanidine groups is 1. The molecule has 0 unspecified atom stereocenters. The summed E-state index contributed by atoms with van der Waals surface area (Å²) >= 11 is 0. The molecular weight excluding hydrogens is 515 g/mol. The second-order valence-electron chi connectivity index (χ2n) is 7.67. The fraction of sp³-hybridized carbons (Fsp3) is 0.458. The van der Waals surface area contributed by atoms with Gasteiger partial charge in [-0.2, -0.15) is 0 Å². The molecule has 0 aliphatic carbocycles. The van der Waals surface area contributed by atoms with Gasteiger partial charge < -0.3 is 15.4 Å². The van der Waals surface area contributed by atoms with Crippen LogP contribution in [0.5, 0.6) is 5.75 Å². The second kappa shape index (κ2) is 13.9. The van der Waals surface area contributed by atoms with Gasteiger partial charge in [-0.25, -0.2) is 0 Å². The zero-order valence-corrected chi connectivity index (χ0v) is 21.6. The fourth-order valence-corrected chi connectivity index (χ4v) is 3.39. The van der Waals surface area contributed by atoms with Crippen molar-refractivity contribution < 1.29 is 4.74 Å². The van der Waals surface area contributed by atoms with E-state index in [0.717, 1.165) is 61.2 Å². The Labute approximate surface area is 208 Å². The van der Waals surface area contributed by atoms with Gasteiger partial charge in [-0.15, -0.1) is 34.2 Å². The number of benzene rings is 1. The molecule has 3 aromatic rings. The summed E-state index contributed by atoms with van der Waals surface area (Å²) in [6.07, 6.45) is 7.26. The molecule has 0 aliphatic rings. The molecule has 0 atom stereocenters. The molecule has 8 heteroatoms. The van der Waals surface area contributed by atoms with Gasteiger partial charge in [-0.3, -0.25) is 9.39 Å². The molecule has 0 spiro atoms. The summed E-state index contributed by atoms with van der Waals surface area (Å²) in [6, 6.07) is 12.3. The van der Waals surface area contributed by atoms with Gasteiger partial charge >= 0.3 is 0 Å². The number of nitrogens with one attached hydrogen (secondary N) is 2. The summed E-state index contributed by atoms with van der Waals surface area (Å²) in [6.45, 7) is 6.52. The Morgan fingerprint density at radius 2 is 1.97 bits per heavy atom. The van der Waals surface area contributed by atoms with Crippen LogP contribution in [0.1, 0.15) is 49.6 Å². The number of unbranched alkanes of at least 4 members (excludes halogenated alkanes) is 2. The summed E-state index contributed by atoms with van der Waals surface area (Å²) in [5.41, 5.74) is 3.23. The van der Waals surface area contributed by atoms with Crippen LogP contribution in [0.4, 0.5) is 0 Å². The number of pyridine rings is 1. The number of hydrogen-bond donors (Lipinski definition) is 2. The molecule has 0 radical (unpaired) electrons. The lowest BCUT2D eigenvalue weighted by molar-refractivity contribution is 0.303. The number of aryl methyl sites for hydroxylation is 2. The second-order valence-corrected chi connectivity index (χ2v) is 7.67. The van der Waals surface area contributed by atoms with Crippen LogP contribution in [0.2, 0.25) is 0 Å². The smallest absolute Gasteiger partial charge is 0.191 e. The van der Waals surface area contributed by atoms with Gasteiger partial charge in [0.1, 0.15) is 11.6 Å². The van der Waals surface area contributed by atoms with E-state index in [-0.39, 0.29) is 24.0 Å². The highest BCUT2D eigenvalue weighted by Gasteiger charge is 2.07. The quantitative estimate of drug-likeness (QED) is 0.159. The Morgan fingerprint density at radius 1 is 1.09 bits per heavy atom. The van der Waals surface area contributed by atoms with E-state index >= 15 is 0 Å². The SMILES string of the molecule is CCCCCOc1cc(C)ccc1CNC(=NC)NCCCc1nnc2ccccn12.I. The van der Waals surface area contributed by atoms with E-state index in [4.69, 9.17) is 4.74 Å². The number of ether oxygens (including phenoxy) is 1. The molecule has 0 saturated carbocycles. The molecule has 0 amide bonds. The number of halogens is 1. The van der Waals surface area contributed by atoms with Crippen LogP contribution in [-0.4, -0.2) is 40.8 Å². The zero-order valence-electron chi connectivity index (χ0n) is 19.3. The fourth-order valence-electron chi connectivity index (χ4n) is 3.39. The van der Waals surface area contributed by atoms with Crippen LogP contribution in [0, 0.1) is 6.92 Å². The summed E-state index contributed by atoms with van der Waals surface area (Å²) in [5.74, 6) is 2.71. The van der Waals surface area contributed by atoms with E-state index in [1.54, 1.807) is 7.05 Å². The van der Waals surface area contributed by atoms with Crippen molar-refractivity contribution in [2.45, 2.75) is 52.5 Å². The van der Waals surface area contributed by atoms with Gasteiger partial charge in [0, 0.05) is 38.3 Å². The monoisotopic (exact) mass is 550 g/mol. The topological polar surface area (TPSA) is 75.8 Å². The van der Waals surface area contributed by atoms with E-state index < -0.39 is 0 Å². The van der Waals surface area contributed by atoms with Crippen molar-refractivity contribution in [2.75, 3.05) is 20.2 Å². The average molecular weight is 550 g/mol. The Morgan fingerprint density at radius 3 is 2.78 bits per heavy atom. The number of fused-ring (bicyclic) bond motifs is 1. The third-order valence-electron chi connectivity index (χ3n) is 5.15. The molecule has 2 aromatic heterocycles. The highest BCUT2D eigenvalue weighted by Crippen LogP contribution is 2.20. The largest absolute Gasteiger partial charge is 0.493 e. The molecule has 32 heavy (non-hydrogen) atoms. The summed E-state index contributed by atoms with van der Waals surface area (Å²) in [7, 11) is 1.79. The Hall–Kier alpha value is -2.36. The van der Waals surface area contributed by atoms with Crippen LogP contribution in [0.15, 0.2) is 47.6 Å². The van der Waals surface area contributed by atoms with Crippen LogP contribution in [0.25, 0.3) is 5.65 Å². The van der Waals surface area contributed by atoms with Gasteiger partial charge in [-0.05, 0) is 43.5 Å². The van der Waals surface area contributed by atoms with Gasteiger partial charge in [0.15, 0.2) is 11.6 Å². The number of nitrogens with zero attached hydrogens (tertiary/aromatic N) is 4. The first-order valence-electron chi connectivity index (χ1n) is 11.2. The zero-order chi connectivity index (χ0) is 21.9. The van der Waals surface area contributed by atoms with Crippen LogP contribution in [0.3, 0.4) is 0 Å². The maximum Gasteiger partial charge on any atom is 0.191 e. The molecular formula is C24H35IN6O. The van der Waals surface area contributed by atoms with Crippen molar-refractivity contribution in [3.05, 3.63) is 59.5 Å². The lowest BCUT2D eigenvalue weighted by Gasteiger charge is -2.15. The van der Waals surface area contributed by atoms with Gasteiger partial charge in [0.2, 0.25) is 0 Å². The average Bonchev–Trinajstić information content (AvgIpc) is 3.20. The Kier molecular flexibility index (Phi) is 11.3. The van der Waals surface area contributed by atoms with E-state index in [2.05, 4.69) is 57.9 Å². The van der Waals surface area contributed by atoms with Gasteiger partial charge in [0.05, 0.1) is 6.61 Å². The van der Waals surface area contributed by atoms with Crippen molar-refractivity contribution in [3.8, 4) is 5.75 Å². The Bertz CT molecular complexity index is 988. The number of aromatic nitrogens is 3. The molecule has 0 saturated heterocycles. The third kappa shape index (κ3) is 7.65. The molecule has 2 heterocycles. The predicted octanol–water partition coefficient (Wildman–Crippen LogP) is 4.52. The van der Waals surface area contributed by atoms with Gasteiger partial charge in [0.25, 0.3) is 0 Å². The van der Waals surface area contributed by atoms with Crippen molar-refractivity contribution in [1.82, 2.24) is 25.2 Å². The molecule has 1 aromatic carbocycles. The molecule has 2 N–H and O–H groups in total. The summed E-state index contributed by atoms with van der Waals surface area (Å²) < 4.78 is 8.08. The van der Waals surface area contributed by atoms with E-state index in [9.17, 15) is 0 Å². The highest BCUT2D eigenvalue weighted by atomic mass is 127. The minimum absolute atomic E-state index is 0. The normalized spacial score (nSPS) is 11.3. The lowest BCUT2D eigenvalue weighted by atomic mass is 10.1. The Balaban J connectivity index is 0.00000363. The maximum atomic E-state index is 6.05. The standard InChI is InChI=1S/C24H34N6O.HI/c1-4-5-8-16-31-21-17-19(2)12-13-20(21)18-27-24(25-3)26-14-9-11-23-29-28-22-10-6-7-15-30(22)23;/h6-7,10,12-13,15,17H,4-5,8-9,11,14,16,18H2,1-3H3,(H2,25,26,27);1H. The van der Waals surface area contributed by atoms with E-state index in [0.29, 0.717) is 6.54 Å². The third-order valence-corrected chi connectivity index (χ3v) is 5.15. The predicted molar refractivity (Wildman–Crippen MR) is 141 cm³/mol. The minimum atomic E-state index is 0. The van der Waals surface area contributed by atoms with Gasteiger partial charge in [-0.1, -0.05) is 38.0 Å². The van der Waals surface area contributed by atoms with E-state index in [1.165, 1.54) is 18.4 Å². The highest BCUT2D eigenvalue weighted by molar-refractivity contribution is 14.0. The number of aliphatic imine (C=N–C) groups is 1. The van der Waals surface area contributed by atoms with E-state index in [1.807, 2.05) is 28.8 Å². The number of rotatable bonds is 11. The summed E-state index contributed by atoms with van der Waals surface area (Å²) in [5, 5.41) is 15.3. The van der Waals surface area contributed by atoms with Crippen molar-refractivity contribution in [3.63, 3.8) is 0 Å². The van der Waals surface area contributed by atoms with Crippen molar-refractivity contribution >= 4 is 35.6 Å². The molecule has 0 aliphatic heterocycles. The molecule has 0 bridgehead atoms. The lowest BCUT2D eigenvalue weighted by Crippen LogP contribution is -2.37. The molecule has 0 fully saturated rings. The molecule has 7 nitrogen and oxygen atoms in total. The number of hydrogen-bond acceptors (Lipinski definition) is 4.